The van der Waals surface area contributed by atoms with Gasteiger partial charge in [0.1, 0.15) is 5.58 Å². The van der Waals surface area contributed by atoms with E-state index in [1.165, 1.54) is 42.0 Å². The number of hydrogen-bond donors (Lipinski definition) is 0. The van der Waals surface area contributed by atoms with Crippen LogP contribution in [0.1, 0.15) is 29.5 Å². The zero-order valence-corrected chi connectivity index (χ0v) is 34.0. The van der Waals surface area contributed by atoms with Gasteiger partial charge in [-0.05, 0) is 56.0 Å². The van der Waals surface area contributed by atoms with Gasteiger partial charge >= 0.3 is 0 Å². The van der Waals surface area contributed by atoms with Crippen LogP contribution in [0.4, 0.5) is 0 Å². The molecule has 6 heteroatoms. The zero-order valence-electron chi connectivity index (χ0n) is 29.8. The van der Waals surface area contributed by atoms with Gasteiger partial charge in [-0.1, -0.05) is 135 Å². The van der Waals surface area contributed by atoms with Crippen molar-refractivity contribution in [2.24, 2.45) is 0 Å². The number of fused-ring (bicyclic) bond motifs is 6. The van der Waals surface area contributed by atoms with Crippen LogP contribution in [0.5, 0.6) is 0 Å². The molecule has 0 bridgehead atoms. The van der Waals surface area contributed by atoms with E-state index in [0.717, 1.165) is 44.5 Å². The molecule has 0 spiro atoms. The molecule has 0 N–H and O–H groups in total. The Morgan fingerprint density at radius 2 is 1.46 bits per heavy atom. The maximum absolute atomic E-state index is 6.15. The third-order valence-electron chi connectivity index (χ3n) is 9.71. The number of nitrogens with zero attached hydrogens (tertiary/aromatic N) is 2. The van der Waals surface area contributed by atoms with Gasteiger partial charge in [-0.15, -0.1) is 41.5 Å². The molecule has 4 aromatic heterocycles. The van der Waals surface area contributed by atoms with Crippen molar-refractivity contribution in [1.29, 1.82) is 0 Å². The second-order valence-corrected chi connectivity index (χ2v) is 20.3. The quantitative estimate of drug-likeness (QED) is 0.128. The summed E-state index contributed by atoms with van der Waals surface area (Å²) in [6, 6.07) is 48.9. The van der Waals surface area contributed by atoms with Gasteiger partial charge in [0.05, 0.1) is 13.7 Å². The molecule has 52 heavy (non-hydrogen) atoms. The van der Waals surface area contributed by atoms with Gasteiger partial charge < -0.3 is 14.4 Å². The molecule has 1 atom stereocenters. The fourth-order valence-corrected chi connectivity index (χ4v) is 9.09. The van der Waals surface area contributed by atoms with Crippen LogP contribution in [-0.4, -0.2) is 18.0 Å². The second-order valence-electron chi connectivity index (χ2n) is 14.1. The molecule has 0 saturated carbocycles. The minimum atomic E-state index is -1.32. The van der Waals surface area contributed by atoms with Gasteiger partial charge in [0.15, 0.2) is 0 Å². The van der Waals surface area contributed by atoms with Crippen LogP contribution in [-0.2, 0) is 20.1 Å². The van der Waals surface area contributed by atoms with Crippen LogP contribution in [0, 0.1) is 19.1 Å². The molecule has 5 aromatic carbocycles. The van der Waals surface area contributed by atoms with E-state index in [1.54, 1.807) is 0 Å². The SMILES string of the molecule is CC(c1ccccc1)c1ccnc(-c2[c-]ccc3c2oc2ccccc23)c1.Cc1c[c-]c(-c2ccc([Si](C)(C)C)cn2)c2sc3ccccc3c12.[Ir]. The third-order valence-corrected chi connectivity index (χ3v) is 12.9. The molecular formula is C46H38IrN2OSSi-2. The van der Waals surface area contributed by atoms with Crippen molar-refractivity contribution < 1.29 is 24.5 Å². The number of para-hydroxylation sites is 1. The fraction of sp³-hybridized carbons (Fsp3) is 0.130. The monoisotopic (exact) mass is 887 g/mol. The molecule has 0 aliphatic heterocycles. The maximum atomic E-state index is 6.15. The molecule has 0 saturated heterocycles. The topological polar surface area (TPSA) is 38.9 Å². The first-order valence-corrected chi connectivity index (χ1v) is 21.7. The average Bonchev–Trinajstić information content (AvgIpc) is 3.75. The van der Waals surface area contributed by atoms with Crippen LogP contribution in [0.2, 0.25) is 19.6 Å². The van der Waals surface area contributed by atoms with E-state index in [2.05, 4.69) is 148 Å². The first kappa shape index (κ1) is 35.7. The van der Waals surface area contributed by atoms with E-state index < -0.39 is 8.07 Å². The summed E-state index contributed by atoms with van der Waals surface area (Å²) in [6.07, 6.45) is 3.94. The van der Waals surface area contributed by atoms with Crippen LogP contribution in [0.15, 0.2) is 138 Å². The molecule has 0 aliphatic rings. The molecule has 259 valence electrons. The largest absolute Gasteiger partial charge is 0.501 e. The number of thiophene rings is 1. The van der Waals surface area contributed by atoms with Crippen molar-refractivity contribution in [3.05, 3.63) is 163 Å². The Bertz CT molecular complexity index is 2660. The number of benzene rings is 5. The number of rotatable bonds is 5. The van der Waals surface area contributed by atoms with Gasteiger partial charge in [-0.25, -0.2) is 0 Å². The van der Waals surface area contributed by atoms with Crippen LogP contribution >= 0.6 is 11.3 Å². The van der Waals surface area contributed by atoms with Crippen LogP contribution < -0.4 is 5.19 Å². The molecule has 3 nitrogen and oxygen atoms in total. The van der Waals surface area contributed by atoms with E-state index in [0.29, 0.717) is 5.92 Å². The standard InChI is InChI=1S/C25H18NO.C21H20NSSi.Ir/c1-17(18-8-3-2-4-9-18)19-14-15-26-23(16-19)22-12-7-11-21-20-10-5-6-13-24(20)27-25(21)22;1-14-9-11-16(18-12-10-15(13-22-18)24(2,3)4)21-20(14)17-7-5-6-8-19(17)23-21;/h2-11,13-17H,1H3;5-10,12-13H,1-4H3;/q2*-1;. The number of furan rings is 1. The normalized spacial score (nSPS) is 12.1. The molecule has 0 amide bonds. The predicted octanol–water partition coefficient (Wildman–Crippen LogP) is 12.4. The Balaban J connectivity index is 0.000000160. The maximum Gasteiger partial charge on any atom is 0.120 e. The first-order valence-electron chi connectivity index (χ1n) is 17.4. The summed E-state index contributed by atoms with van der Waals surface area (Å²) in [6.45, 7) is 11.5. The van der Waals surface area contributed by atoms with Crippen molar-refractivity contribution in [3.8, 4) is 22.5 Å². The molecule has 9 aromatic rings. The summed E-state index contributed by atoms with van der Waals surface area (Å²) in [5.41, 5.74) is 9.48. The number of hydrogen-bond acceptors (Lipinski definition) is 4. The number of aryl methyl sites for hydroxylation is 1. The Hall–Kier alpha value is -4.71. The van der Waals surface area contributed by atoms with Crippen molar-refractivity contribution in [1.82, 2.24) is 9.97 Å². The summed E-state index contributed by atoms with van der Waals surface area (Å²) in [7, 11) is -1.32. The molecule has 1 radical (unpaired) electrons. The first-order chi connectivity index (χ1) is 24.8. The zero-order chi connectivity index (χ0) is 35.1. The Morgan fingerprint density at radius 3 is 2.23 bits per heavy atom. The Kier molecular flexibility index (Phi) is 10.1. The van der Waals surface area contributed by atoms with Crippen molar-refractivity contribution in [3.63, 3.8) is 0 Å². The van der Waals surface area contributed by atoms with E-state index in [-0.39, 0.29) is 20.1 Å². The van der Waals surface area contributed by atoms with Gasteiger partial charge in [0.2, 0.25) is 0 Å². The van der Waals surface area contributed by atoms with E-state index in [1.807, 2.05) is 47.9 Å². The molecule has 1 unspecified atom stereocenters. The minimum Gasteiger partial charge on any atom is -0.501 e. The van der Waals surface area contributed by atoms with Crippen molar-refractivity contribution in [2.75, 3.05) is 0 Å². The fourth-order valence-electron chi connectivity index (χ4n) is 6.77. The van der Waals surface area contributed by atoms with E-state index in [9.17, 15) is 0 Å². The average molecular weight is 887 g/mol. The summed E-state index contributed by atoms with van der Waals surface area (Å²) in [4.78, 5) is 9.39. The van der Waals surface area contributed by atoms with Crippen LogP contribution in [0.25, 0.3) is 64.6 Å². The van der Waals surface area contributed by atoms with Crippen LogP contribution in [0.3, 0.4) is 0 Å². The number of pyridine rings is 2. The van der Waals surface area contributed by atoms with Gasteiger partial charge in [-0.2, -0.15) is 11.3 Å². The van der Waals surface area contributed by atoms with Gasteiger partial charge in [-0.3, -0.25) is 0 Å². The number of aromatic nitrogens is 2. The minimum absolute atomic E-state index is 0. The molecule has 0 aliphatic carbocycles. The second kappa shape index (κ2) is 14.7. The van der Waals surface area contributed by atoms with Gasteiger partial charge in [0, 0.05) is 48.5 Å². The molecular weight excluding hydrogens is 849 g/mol. The van der Waals surface area contributed by atoms with E-state index >= 15 is 0 Å². The smallest absolute Gasteiger partial charge is 0.120 e. The molecule has 0 fully saturated rings. The summed E-state index contributed by atoms with van der Waals surface area (Å²) in [5, 5.41) is 6.30. The third kappa shape index (κ3) is 6.80. The summed E-state index contributed by atoms with van der Waals surface area (Å²) in [5.74, 6) is 0.294. The van der Waals surface area contributed by atoms with E-state index in [4.69, 9.17) is 9.40 Å². The molecule has 4 heterocycles. The van der Waals surface area contributed by atoms with Crippen molar-refractivity contribution in [2.45, 2.75) is 39.4 Å². The summed E-state index contributed by atoms with van der Waals surface area (Å²) < 4.78 is 8.78. The van der Waals surface area contributed by atoms with Crippen molar-refractivity contribution >= 4 is 66.7 Å². The van der Waals surface area contributed by atoms with Gasteiger partial charge in [0.25, 0.3) is 0 Å². The Labute approximate surface area is 323 Å². The summed E-state index contributed by atoms with van der Waals surface area (Å²) >= 11 is 1.84. The molecule has 9 rings (SSSR count). The Morgan fingerprint density at radius 1 is 0.712 bits per heavy atom. The predicted molar refractivity (Wildman–Crippen MR) is 219 cm³/mol.